The van der Waals surface area contributed by atoms with Gasteiger partial charge in [0.15, 0.2) is 5.65 Å². The van der Waals surface area contributed by atoms with Crippen molar-refractivity contribution in [3.63, 3.8) is 0 Å². The van der Waals surface area contributed by atoms with Crippen molar-refractivity contribution in [1.29, 1.82) is 0 Å². The third-order valence-corrected chi connectivity index (χ3v) is 5.27. The zero-order valence-electron chi connectivity index (χ0n) is 17.1. The number of hydrogen-bond donors (Lipinski definition) is 1. The van der Waals surface area contributed by atoms with Gasteiger partial charge < -0.3 is 14.5 Å². The first-order chi connectivity index (χ1) is 13.9. The van der Waals surface area contributed by atoms with E-state index < -0.39 is 0 Å². The maximum Gasteiger partial charge on any atom is 0.255 e. The molecule has 3 aromatic rings. The molecule has 1 unspecified atom stereocenters. The lowest BCUT2D eigenvalue weighted by molar-refractivity contribution is 0.0705. The molecule has 1 amide bonds. The molecule has 1 N–H and O–H groups in total. The van der Waals surface area contributed by atoms with Crippen LogP contribution in [0.3, 0.4) is 0 Å². The van der Waals surface area contributed by atoms with Crippen molar-refractivity contribution >= 4 is 17.1 Å². The second kappa shape index (κ2) is 7.77. The van der Waals surface area contributed by atoms with Crippen LogP contribution < -0.4 is 5.56 Å². The van der Waals surface area contributed by atoms with Crippen molar-refractivity contribution in [3.05, 3.63) is 52.1 Å². The topological polar surface area (TPSA) is 96.8 Å². The molecular formula is C21H26N6O2. The van der Waals surface area contributed by atoms with Gasteiger partial charge in [-0.3, -0.25) is 9.59 Å². The van der Waals surface area contributed by atoms with E-state index in [9.17, 15) is 9.59 Å². The van der Waals surface area contributed by atoms with Crippen LogP contribution in [-0.2, 0) is 6.54 Å². The molecule has 0 spiro atoms. The Bertz CT molecular complexity index is 1100. The number of fused-ring (bicyclic) bond motifs is 1. The van der Waals surface area contributed by atoms with Gasteiger partial charge in [0.25, 0.3) is 11.5 Å². The molecule has 0 radical (unpaired) electrons. The minimum atomic E-state index is -0.150. The van der Waals surface area contributed by atoms with Crippen LogP contribution in [0.4, 0.5) is 0 Å². The first kappa shape index (κ1) is 19.3. The first-order valence-electron chi connectivity index (χ1n) is 10.1. The number of aromatic nitrogens is 5. The van der Waals surface area contributed by atoms with Gasteiger partial charge in [0.1, 0.15) is 11.3 Å². The number of likely N-dealkylation sites (tertiary alicyclic amines) is 1. The Morgan fingerprint density at radius 3 is 2.90 bits per heavy atom. The highest BCUT2D eigenvalue weighted by atomic mass is 16.2. The van der Waals surface area contributed by atoms with Crippen molar-refractivity contribution < 1.29 is 4.79 Å². The molecule has 0 bridgehead atoms. The number of imidazole rings is 1. The molecule has 1 aliphatic heterocycles. The summed E-state index contributed by atoms with van der Waals surface area (Å²) in [7, 11) is 0. The summed E-state index contributed by atoms with van der Waals surface area (Å²) in [6.07, 6.45) is 5.21. The minimum absolute atomic E-state index is 0.0518. The maximum absolute atomic E-state index is 13.1. The van der Waals surface area contributed by atoms with Crippen molar-refractivity contribution in [2.75, 3.05) is 13.1 Å². The Morgan fingerprint density at radius 1 is 1.31 bits per heavy atom. The number of aryl methyl sites for hydroxylation is 1. The van der Waals surface area contributed by atoms with Crippen molar-refractivity contribution in [2.24, 2.45) is 5.92 Å². The summed E-state index contributed by atoms with van der Waals surface area (Å²) in [6.45, 7) is 8.15. The van der Waals surface area contributed by atoms with Gasteiger partial charge in [-0.2, -0.15) is 0 Å². The van der Waals surface area contributed by atoms with Gasteiger partial charge >= 0.3 is 0 Å². The lowest BCUT2D eigenvalue weighted by Crippen LogP contribution is -2.39. The number of rotatable bonds is 4. The van der Waals surface area contributed by atoms with E-state index >= 15 is 0 Å². The smallest absolute Gasteiger partial charge is 0.255 e. The van der Waals surface area contributed by atoms with Crippen molar-refractivity contribution in [2.45, 2.75) is 46.1 Å². The summed E-state index contributed by atoms with van der Waals surface area (Å²) in [5.74, 6) is 1.10. The Kier molecular flexibility index (Phi) is 5.17. The molecule has 4 rings (SSSR count). The van der Waals surface area contributed by atoms with Gasteiger partial charge in [-0.05, 0) is 31.7 Å². The standard InChI is InChI=1S/C21H26N6O2/c1-13(2)10-27-12-23-18-7-16(9-22-20(18)27)21(29)26-6-4-5-15(11-26)17-8-19(28)25-14(3)24-17/h7-9,12-13,15H,4-6,10-11H2,1-3H3,(H,24,25,28). The number of aromatic amines is 1. The average molecular weight is 394 g/mol. The van der Waals surface area contributed by atoms with E-state index in [1.165, 1.54) is 0 Å². The monoisotopic (exact) mass is 394 g/mol. The largest absolute Gasteiger partial charge is 0.338 e. The predicted octanol–water partition coefficient (Wildman–Crippen LogP) is 2.50. The molecule has 0 saturated carbocycles. The third-order valence-electron chi connectivity index (χ3n) is 5.27. The lowest BCUT2D eigenvalue weighted by atomic mass is 9.94. The van der Waals surface area contributed by atoms with Crippen LogP contribution in [0.1, 0.15) is 54.5 Å². The summed E-state index contributed by atoms with van der Waals surface area (Å²) in [5, 5.41) is 0. The van der Waals surface area contributed by atoms with Gasteiger partial charge in [0.05, 0.1) is 17.6 Å². The number of nitrogens with zero attached hydrogens (tertiary/aromatic N) is 5. The minimum Gasteiger partial charge on any atom is -0.338 e. The van der Waals surface area contributed by atoms with E-state index in [-0.39, 0.29) is 17.4 Å². The molecule has 3 aromatic heterocycles. The molecule has 1 saturated heterocycles. The van der Waals surface area contributed by atoms with Gasteiger partial charge in [0, 0.05) is 37.8 Å². The van der Waals surface area contributed by atoms with E-state index in [4.69, 9.17) is 0 Å². The number of pyridine rings is 1. The molecule has 8 heteroatoms. The first-order valence-corrected chi connectivity index (χ1v) is 10.1. The normalized spacial score (nSPS) is 17.2. The fraction of sp³-hybridized carbons (Fsp3) is 0.476. The molecule has 152 valence electrons. The Morgan fingerprint density at radius 2 is 2.14 bits per heavy atom. The summed E-state index contributed by atoms with van der Waals surface area (Å²) < 4.78 is 2.02. The molecule has 1 atom stereocenters. The van der Waals surface area contributed by atoms with Gasteiger partial charge in [-0.25, -0.2) is 15.0 Å². The van der Waals surface area contributed by atoms with Gasteiger partial charge in [0.2, 0.25) is 0 Å². The van der Waals surface area contributed by atoms with Crippen LogP contribution in [0.2, 0.25) is 0 Å². The fourth-order valence-electron chi connectivity index (χ4n) is 3.99. The van der Waals surface area contributed by atoms with Crippen LogP contribution in [-0.4, -0.2) is 48.4 Å². The Hall–Kier alpha value is -3.03. The lowest BCUT2D eigenvalue weighted by Gasteiger charge is -2.32. The van der Waals surface area contributed by atoms with Gasteiger partial charge in [-0.1, -0.05) is 13.8 Å². The number of carbonyl (C=O) groups is 1. The second-order valence-electron chi connectivity index (χ2n) is 8.20. The summed E-state index contributed by atoms with van der Waals surface area (Å²) >= 11 is 0. The molecule has 8 nitrogen and oxygen atoms in total. The van der Waals surface area contributed by atoms with E-state index in [2.05, 4.69) is 33.8 Å². The number of nitrogens with one attached hydrogen (secondary N) is 1. The Labute approximate surface area is 169 Å². The van der Waals surface area contributed by atoms with E-state index in [0.717, 1.165) is 36.2 Å². The molecule has 29 heavy (non-hydrogen) atoms. The van der Waals surface area contributed by atoms with Crippen molar-refractivity contribution in [3.8, 4) is 0 Å². The average Bonchev–Trinajstić information content (AvgIpc) is 3.08. The number of H-pyrrole nitrogens is 1. The number of piperidine rings is 1. The number of amides is 1. The number of hydrogen-bond acceptors (Lipinski definition) is 5. The summed E-state index contributed by atoms with van der Waals surface area (Å²) in [4.78, 5) is 42.8. The van der Waals surface area contributed by atoms with Crippen LogP contribution in [0.5, 0.6) is 0 Å². The fourth-order valence-corrected chi connectivity index (χ4v) is 3.99. The maximum atomic E-state index is 13.1. The Balaban J connectivity index is 1.55. The third kappa shape index (κ3) is 4.06. The summed E-state index contributed by atoms with van der Waals surface area (Å²) in [5.41, 5.74) is 2.68. The molecular weight excluding hydrogens is 368 g/mol. The van der Waals surface area contributed by atoms with Crippen LogP contribution in [0.25, 0.3) is 11.2 Å². The highest BCUT2D eigenvalue weighted by Gasteiger charge is 2.27. The summed E-state index contributed by atoms with van der Waals surface area (Å²) in [6, 6.07) is 3.36. The highest BCUT2D eigenvalue weighted by molar-refractivity contribution is 5.96. The number of carbonyl (C=O) groups excluding carboxylic acids is 1. The second-order valence-corrected chi connectivity index (χ2v) is 8.20. The highest BCUT2D eigenvalue weighted by Crippen LogP contribution is 2.26. The van der Waals surface area contributed by atoms with Crippen LogP contribution >= 0.6 is 0 Å². The quantitative estimate of drug-likeness (QED) is 0.733. The molecule has 1 fully saturated rings. The predicted molar refractivity (Wildman–Crippen MR) is 110 cm³/mol. The molecule has 4 heterocycles. The SMILES string of the molecule is Cc1nc(C2CCCN(C(=O)c3cnc4c(c3)ncn4CC(C)C)C2)cc(=O)[nH]1. The zero-order chi connectivity index (χ0) is 20.5. The zero-order valence-corrected chi connectivity index (χ0v) is 17.1. The van der Waals surface area contributed by atoms with E-state index in [0.29, 0.717) is 30.4 Å². The van der Waals surface area contributed by atoms with Crippen molar-refractivity contribution in [1.82, 2.24) is 29.4 Å². The van der Waals surface area contributed by atoms with Gasteiger partial charge in [-0.15, -0.1) is 0 Å². The van der Waals surface area contributed by atoms with E-state index in [1.807, 2.05) is 15.5 Å². The van der Waals surface area contributed by atoms with E-state index in [1.54, 1.807) is 25.5 Å². The molecule has 0 aliphatic carbocycles. The molecule has 1 aliphatic rings. The van der Waals surface area contributed by atoms with Crippen LogP contribution in [0, 0.1) is 12.8 Å². The van der Waals surface area contributed by atoms with Crippen LogP contribution in [0.15, 0.2) is 29.5 Å². The molecule has 0 aromatic carbocycles.